The summed E-state index contributed by atoms with van der Waals surface area (Å²) in [4.78, 5) is 27.1. The zero-order valence-electron chi connectivity index (χ0n) is 12.3. The molecule has 21 heavy (non-hydrogen) atoms. The van der Waals surface area contributed by atoms with Crippen LogP contribution in [-0.4, -0.2) is 54.8 Å². The molecule has 1 atom stereocenters. The monoisotopic (exact) mass is 293 g/mol. The molecular formula is C15H20FN3O2. The van der Waals surface area contributed by atoms with Crippen LogP contribution < -0.4 is 5.32 Å². The first-order valence-corrected chi connectivity index (χ1v) is 6.90. The van der Waals surface area contributed by atoms with E-state index in [9.17, 15) is 14.0 Å². The molecule has 1 aliphatic heterocycles. The molecule has 5 nitrogen and oxygen atoms in total. The quantitative estimate of drug-likeness (QED) is 0.865. The van der Waals surface area contributed by atoms with Crippen LogP contribution in [0.3, 0.4) is 0 Å². The van der Waals surface area contributed by atoms with Crippen LogP contribution in [0.15, 0.2) is 24.3 Å². The van der Waals surface area contributed by atoms with Gasteiger partial charge in [-0.1, -0.05) is 12.1 Å². The Balaban J connectivity index is 1.89. The van der Waals surface area contributed by atoms with Crippen molar-refractivity contribution >= 4 is 11.8 Å². The SMILES string of the molecule is CN(C)CC(=O)NC1CC(=O)N(Cc2cccc(F)c2)C1. The highest BCUT2D eigenvalue weighted by Crippen LogP contribution is 2.15. The van der Waals surface area contributed by atoms with E-state index >= 15 is 0 Å². The zero-order valence-corrected chi connectivity index (χ0v) is 12.3. The number of likely N-dealkylation sites (N-methyl/N-ethyl adjacent to an activating group) is 1. The van der Waals surface area contributed by atoms with Gasteiger partial charge < -0.3 is 15.1 Å². The van der Waals surface area contributed by atoms with E-state index in [1.165, 1.54) is 12.1 Å². The second-order valence-electron chi connectivity index (χ2n) is 5.61. The first-order valence-electron chi connectivity index (χ1n) is 6.90. The maximum atomic E-state index is 13.1. The van der Waals surface area contributed by atoms with Crippen molar-refractivity contribution in [2.24, 2.45) is 0 Å². The first-order chi connectivity index (χ1) is 9.94. The average Bonchev–Trinajstić information content (AvgIpc) is 2.68. The van der Waals surface area contributed by atoms with Gasteiger partial charge in [-0.05, 0) is 31.8 Å². The maximum Gasteiger partial charge on any atom is 0.234 e. The van der Waals surface area contributed by atoms with E-state index < -0.39 is 0 Å². The van der Waals surface area contributed by atoms with Crippen molar-refractivity contribution in [3.05, 3.63) is 35.6 Å². The van der Waals surface area contributed by atoms with E-state index in [2.05, 4.69) is 5.32 Å². The van der Waals surface area contributed by atoms with Crippen LogP contribution in [0.5, 0.6) is 0 Å². The summed E-state index contributed by atoms with van der Waals surface area (Å²) in [6, 6.07) is 6.04. The van der Waals surface area contributed by atoms with E-state index in [4.69, 9.17) is 0 Å². The lowest BCUT2D eigenvalue weighted by Crippen LogP contribution is -2.41. The molecule has 2 amide bonds. The largest absolute Gasteiger partial charge is 0.350 e. The Morgan fingerprint density at radius 2 is 2.24 bits per heavy atom. The van der Waals surface area contributed by atoms with Crippen LogP contribution in [0.25, 0.3) is 0 Å². The molecule has 0 aromatic heterocycles. The summed E-state index contributed by atoms with van der Waals surface area (Å²) in [6.45, 7) is 1.14. The fraction of sp³-hybridized carbons (Fsp3) is 0.467. The van der Waals surface area contributed by atoms with Crippen LogP contribution >= 0.6 is 0 Å². The van der Waals surface area contributed by atoms with Gasteiger partial charge in [-0.2, -0.15) is 0 Å². The molecule has 1 N–H and O–H groups in total. The van der Waals surface area contributed by atoms with Crippen molar-refractivity contribution in [3.63, 3.8) is 0 Å². The smallest absolute Gasteiger partial charge is 0.234 e. The van der Waals surface area contributed by atoms with Crippen LogP contribution in [-0.2, 0) is 16.1 Å². The van der Waals surface area contributed by atoms with Gasteiger partial charge in [-0.25, -0.2) is 4.39 Å². The number of halogens is 1. The van der Waals surface area contributed by atoms with Crippen molar-refractivity contribution in [1.82, 2.24) is 15.1 Å². The molecule has 1 fully saturated rings. The number of amides is 2. The molecule has 1 saturated heterocycles. The van der Waals surface area contributed by atoms with Gasteiger partial charge in [-0.3, -0.25) is 9.59 Å². The van der Waals surface area contributed by atoms with Gasteiger partial charge >= 0.3 is 0 Å². The summed E-state index contributed by atoms with van der Waals surface area (Å²) in [5.74, 6) is -0.421. The Kier molecular flexibility index (Phi) is 4.90. The van der Waals surface area contributed by atoms with Crippen molar-refractivity contribution in [2.75, 3.05) is 27.2 Å². The minimum absolute atomic E-state index is 0.0191. The molecule has 0 bridgehead atoms. The number of rotatable bonds is 5. The minimum atomic E-state index is -0.310. The van der Waals surface area contributed by atoms with Gasteiger partial charge in [0, 0.05) is 19.5 Å². The summed E-state index contributed by atoms with van der Waals surface area (Å²) >= 11 is 0. The Hall–Kier alpha value is -1.95. The van der Waals surface area contributed by atoms with Gasteiger partial charge in [0.15, 0.2) is 0 Å². The highest BCUT2D eigenvalue weighted by molar-refractivity contribution is 5.83. The van der Waals surface area contributed by atoms with Crippen LogP contribution in [0.2, 0.25) is 0 Å². The summed E-state index contributed by atoms with van der Waals surface area (Å²) in [6.07, 6.45) is 0.300. The molecule has 1 aromatic carbocycles. The Morgan fingerprint density at radius 1 is 1.48 bits per heavy atom. The number of nitrogens with zero attached hydrogens (tertiary/aromatic N) is 2. The second-order valence-corrected chi connectivity index (χ2v) is 5.61. The Bertz CT molecular complexity index is 533. The molecule has 1 aliphatic rings. The van der Waals surface area contributed by atoms with Crippen molar-refractivity contribution in [2.45, 2.75) is 19.0 Å². The molecule has 1 unspecified atom stereocenters. The van der Waals surface area contributed by atoms with E-state index in [-0.39, 0.29) is 23.7 Å². The van der Waals surface area contributed by atoms with Crippen LogP contribution in [0, 0.1) is 5.82 Å². The summed E-state index contributed by atoms with van der Waals surface area (Å²) in [5, 5.41) is 2.85. The summed E-state index contributed by atoms with van der Waals surface area (Å²) < 4.78 is 13.1. The normalized spacial score (nSPS) is 18.4. The molecule has 0 aliphatic carbocycles. The van der Waals surface area contributed by atoms with Gasteiger partial charge in [0.2, 0.25) is 11.8 Å². The predicted octanol–water partition coefficient (Wildman–Crippen LogP) is 0.604. The molecule has 0 saturated carbocycles. The fourth-order valence-electron chi connectivity index (χ4n) is 2.44. The topological polar surface area (TPSA) is 52.7 Å². The molecule has 1 aromatic rings. The van der Waals surface area contributed by atoms with Crippen molar-refractivity contribution in [1.29, 1.82) is 0 Å². The first kappa shape index (κ1) is 15.4. The lowest BCUT2D eigenvalue weighted by atomic mass is 10.2. The Morgan fingerprint density at radius 3 is 2.90 bits per heavy atom. The van der Waals surface area contributed by atoms with Crippen LogP contribution in [0.1, 0.15) is 12.0 Å². The highest BCUT2D eigenvalue weighted by Gasteiger charge is 2.30. The number of nitrogens with one attached hydrogen (secondary N) is 1. The number of benzene rings is 1. The van der Waals surface area contributed by atoms with Crippen LogP contribution in [0.4, 0.5) is 4.39 Å². The van der Waals surface area contributed by atoms with E-state index in [0.29, 0.717) is 26.1 Å². The minimum Gasteiger partial charge on any atom is -0.350 e. The van der Waals surface area contributed by atoms with Gasteiger partial charge in [0.05, 0.1) is 12.6 Å². The molecule has 114 valence electrons. The Labute approximate surface area is 123 Å². The third-order valence-corrected chi connectivity index (χ3v) is 3.30. The highest BCUT2D eigenvalue weighted by atomic mass is 19.1. The third kappa shape index (κ3) is 4.53. The van der Waals surface area contributed by atoms with Gasteiger partial charge in [0.1, 0.15) is 5.82 Å². The van der Waals surface area contributed by atoms with Gasteiger partial charge in [-0.15, -0.1) is 0 Å². The molecule has 1 heterocycles. The number of carbonyl (C=O) groups excluding carboxylic acids is 2. The summed E-state index contributed by atoms with van der Waals surface area (Å²) in [5.41, 5.74) is 0.753. The fourth-order valence-corrected chi connectivity index (χ4v) is 2.44. The van der Waals surface area contributed by atoms with Crippen molar-refractivity contribution in [3.8, 4) is 0 Å². The standard InChI is InChI=1S/C15H20FN3O2/c1-18(2)10-14(20)17-13-7-15(21)19(9-13)8-11-4-3-5-12(16)6-11/h3-6,13H,7-10H2,1-2H3,(H,17,20). The van der Waals surface area contributed by atoms with E-state index in [1.807, 2.05) is 14.1 Å². The number of likely N-dealkylation sites (tertiary alicyclic amines) is 1. The number of hydrogen-bond donors (Lipinski definition) is 1. The van der Waals surface area contributed by atoms with Gasteiger partial charge in [0.25, 0.3) is 0 Å². The lowest BCUT2D eigenvalue weighted by molar-refractivity contribution is -0.128. The molecule has 0 spiro atoms. The molecule has 0 radical (unpaired) electrons. The van der Waals surface area contributed by atoms with Crippen molar-refractivity contribution < 1.29 is 14.0 Å². The average molecular weight is 293 g/mol. The van der Waals surface area contributed by atoms with E-state index in [1.54, 1.807) is 21.9 Å². The molecule has 6 heteroatoms. The lowest BCUT2D eigenvalue weighted by Gasteiger charge is -2.18. The third-order valence-electron chi connectivity index (χ3n) is 3.30. The maximum absolute atomic E-state index is 13.1. The zero-order chi connectivity index (χ0) is 15.4. The van der Waals surface area contributed by atoms with E-state index in [0.717, 1.165) is 5.56 Å². The molecular weight excluding hydrogens is 273 g/mol. The number of carbonyl (C=O) groups is 2. The second kappa shape index (κ2) is 6.67. The summed E-state index contributed by atoms with van der Waals surface area (Å²) in [7, 11) is 3.63. The number of hydrogen-bond acceptors (Lipinski definition) is 3. The predicted molar refractivity (Wildman–Crippen MR) is 76.9 cm³/mol. The molecule has 2 rings (SSSR count).